The van der Waals surface area contributed by atoms with E-state index in [0.29, 0.717) is 11.7 Å². The van der Waals surface area contributed by atoms with Gasteiger partial charge in [-0.2, -0.15) is 0 Å². The smallest absolute Gasteiger partial charge is 0.233 e. The monoisotopic (exact) mass is 405 g/mol. The molecule has 0 unspecified atom stereocenters. The lowest BCUT2D eigenvalue weighted by Crippen LogP contribution is -2.40. The van der Waals surface area contributed by atoms with Gasteiger partial charge >= 0.3 is 0 Å². The van der Waals surface area contributed by atoms with Crippen molar-refractivity contribution in [3.63, 3.8) is 0 Å². The third kappa shape index (κ3) is 4.05. The lowest BCUT2D eigenvalue weighted by atomic mass is 9.99. The number of thiocarbonyl (C=S) groups is 1. The predicted molar refractivity (Wildman–Crippen MR) is 114 cm³/mol. The summed E-state index contributed by atoms with van der Waals surface area (Å²) in [6.45, 7) is 3.74. The summed E-state index contributed by atoms with van der Waals surface area (Å²) in [5.41, 5.74) is 1.07. The van der Waals surface area contributed by atoms with Crippen molar-refractivity contribution in [1.29, 1.82) is 0 Å². The van der Waals surface area contributed by atoms with Gasteiger partial charge in [-0.1, -0.05) is 36.1 Å². The molecule has 4 rings (SSSR count). The Morgan fingerprint density at radius 2 is 1.96 bits per heavy atom. The zero-order chi connectivity index (χ0) is 17.9. The highest BCUT2D eigenvalue weighted by Gasteiger charge is 2.27. The Balaban J connectivity index is 1.35. The number of hydrogen-bond donors (Lipinski definition) is 0. The first-order valence-corrected chi connectivity index (χ1v) is 11.5. The second kappa shape index (κ2) is 8.23. The highest BCUT2D eigenvalue weighted by Crippen LogP contribution is 2.33. The van der Waals surface area contributed by atoms with Crippen LogP contribution in [0.2, 0.25) is 0 Å². The van der Waals surface area contributed by atoms with Crippen molar-refractivity contribution >= 4 is 55.8 Å². The van der Waals surface area contributed by atoms with Gasteiger partial charge in [0.1, 0.15) is 4.32 Å². The average molecular weight is 406 g/mol. The number of rotatable bonds is 3. The fourth-order valence-corrected chi connectivity index (χ4v) is 5.92. The fourth-order valence-electron chi connectivity index (χ4n) is 3.68. The minimum Gasteiger partial charge on any atom is -0.358 e. The Labute approximate surface area is 168 Å². The predicted octanol–water partition coefficient (Wildman–Crippen LogP) is 4.12. The second-order valence-corrected chi connectivity index (χ2v) is 9.62. The van der Waals surface area contributed by atoms with Gasteiger partial charge in [0.25, 0.3) is 0 Å². The van der Waals surface area contributed by atoms with Crippen molar-refractivity contribution in [3.8, 4) is 0 Å². The number of carbonyl (C=O) groups excluding carboxylic acids is 1. The second-order valence-electron chi connectivity index (χ2n) is 6.95. The van der Waals surface area contributed by atoms with E-state index in [9.17, 15) is 4.79 Å². The molecular formula is C19H23N3OS3. The number of fused-ring (bicyclic) bond motifs is 1. The van der Waals surface area contributed by atoms with Gasteiger partial charge in [0, 0.05) is 32.1 Å². The molecule has 1 amide bonds. The van der Waals surface area contributed by atoms with Gasteiger partial charge in [0.15, 0.2) is 0 Å². The van der Waals surface area contributed by atoms with Crippen LogP contribution in [0.3, 0.4) is 0 Å². The molecule has 2 aliphatic heterocycles. The third-order valence-electron chi connectivity index (χ3n) is 5.12. The summed E-state index contributed by atoms with van der Waals surface area (Å²) in [5, 5.41) is 1.17. The van der Waals surface area contributed by atoms with Crippen molar-refractivity contribution in [2.75, 3.05) is 31.9 Å². The molecule has 0 radical (unpaired) electrons. The lowest BCUT2D eigenvalue weighted by molar-refractivity contribution is -0.129. The SMILES string of the molecule is O=C(CSC(=S)N1CCCC1)N1CCC[C@@H](c2nc3ccccc3s2)C1. The van der Waals surface area contributed by atoms with Crippen LogP contribution in [0.15, 0.2) is 24.3 Å². The summed E-state index contributed by atoms with van der Waals surface area (Å²) in [6, 6.07) is 8.28. The summed E-state index contributed by atoms with van der Waals surface area (Å²) < 4.78 is 2.12. The van der Waals surface area contributed by atoms with Gasteiger partial charge in [0.2, 0.25) is 5.91 Å². The molecule has 2 aliphatic rings. The van der Waals surface area contributed by atoms with Gasteiger partial charge in [-0.3, -0.25) is 4.79 Å². The lowest BCUT2D eigenvalue weighted by Gasteiger charge is -2.32. The molecule has 1 aromatic heterocycles. The number of benzene rings is 1. The Kier molecular flexibility index (Phi) is 5.76. The number of piperidine rings is 1. The van der Waals surface area contributed by atoms with Gasteiger partial charge in [-0.15, -0.1) is 11.3 Å². The van der Waals surface area contributed by atoms with Crippen molar-refractivity contribution in [1.82, 2.24) is 14.8 Å². The maximum atomic E-state index is 12.7. The standard InChI is InChI=1S/C19H23N3OS3/c23-17(13-25-19(24)21-9-3-4-10-21)22-11-5-6-14(12-22)18-20-15-7-1-2-8-16(15)26-18/h1-2,7-8,14H,3-6,9-13H2/t14-/m1/s1. The van der Waals surface area contributed by atoms with Crippen molar-refractivity contribution in [2.24, 2.45) is 0 Å². The van der Waals surface area contributed by atoms with Crippen molar-refractivity contribution < 1.29 is 4.79 Å². The molecule has 4 nitrogen and oxygen atoms in total. The molecule has 138 valence electrons. The van der Waals surface area contributed by atoms with E-state index in [1.54, 1.807) is 11.3 Å². The molecular weight excluding hydrogens is 382 g/mol. The number of thioether (sulfide) groups is 1. The Morgan fingerprint density at radius 1 is 1.19 bits per heavy atom. The first-order valence-electron chi connectivity index (χ1n) is 9.25. The number of carbonyl (C=O) groups is 1. The molecule has 0 N–H and O–H groups in total. The number of aromatic nitrogens is 1. The third-order valence-corrected chi connectivity index (χ3v) is 7.82. The molecule has 3 heterocycles. The maximum Gasteiger partial charge on any atom is 0.233 e. The molecule has 1 aromatic carbocycles. The molecule has 2 saturated heterocycles. The first-order chi connectivity index (χ1) is 12.7. The van der Waals surface area contributed by atoms with Crippen LogP contribution in [0.1, 0.15) is 36.6 Å². The largest absolute Gasteiger partial charge is 0.358 e. The maximum absolute atomic E-state index is 12.7. The Morgan fingerprint density at radius 3 is 2.77 bits per heavy atom. The molecule has 0 spiro atoms. The average Bonchev–Trinajstić information content (AvgIpc) is 3.35. The van der Waals surface area contributed by atoms with Crippen molar-refractivity contribution in [2.45, 2.75) is 31.6 Å². The van der Waals surface area contributed by atoms with Crippen LogP contribution in [0.4, 0.5) is 0 Å². The summed E-state index contributed by atoms with van der Waals surface area (Å²) >= 11 is 8.78. The van der Waals surface area contributed by atoms with Gasteiger partial charge in [0.05, 0.1) is 21.0 Å². The zero-order valence-corrected chi connectivity index (χ0v) is 17.2. The van der Waals surface area contributed by atoms with E-state index in [1.165, 1.54) is 34.3 Å². The van der Waals surface area contributed by atoms with Crippen LogP contribution in [0, 0.1) is 0 Å². The van der Waals surface area contributed by atoms with Crippen LogP contribution < -0.4 is 0 Å². The number of nitrogens with zero attached hydrogens (tertiary/aromatic N) is 3. The normalized spacial score (nSPS) is 20.7. The van der Waals surface area contributed by atoms with E-state index < -0.39 is 0 Å². The van der Waals surface area contributed by atoms with Gasteiger partial charge in [-0.25, -0.2) is 4.98 Å². The minimum absolute atomic E-state index is 0.211. The molecule has 2 aromatic rings. The summed E-state index contributed by atoms with van der Waals surface area (Å²) in [4.78, 5) is 21.7. The van der Waals surface area contributed by atoms with E-state index in [-0.39, 0.29) is 5.91 Å². The molecule has 7 heteroatoms. The molecule has 1 atom stereocenters. The van der Waals surface area contributed by atoms with E-state index in [0.717, 1.165) is 48.9 Å². The van der Waals surface area contributed by atoms with Crippen LogP contribution in [0.25, 0.3) is 10.2 Å². The minimum atomic E-state index is 0.211. The van der Waals surface area contributed by atoms with Gasteiger partial charge < -0.3 is 9.80 Å². The van der Waals surface area contributed by atoms with E-state index in [2.05, 4.69) is 23.1 Å². The van der Waals surface area contributed by atoms with E-state index in [1.807, 2.05) is 11.0 Å². The number of amides is 1. The zero-order valence-electron chi connectivity index (χ0n) is 14.7. The summed E-state index contributed by atoms with van der Waals surface area (Å²) in [5.74, 6) is 1.03. The molecule has 0 saturated carbocycles. The molecule has 0 aliphatic carbocycles. The van der Waals surface area contributed by atoms with E-state index >= 15 is 0 Å². The number of likely N-dealkylation sites (tertiary alicyclic amines) is 2. The number of para-hydroxylation sites is 1. The van der Waals surface area contributed by atoms with Crippen LogP contribution in [0.5, 0.6) is 0 Å². The molecule has 0 bridgehead atoms. The molecule has 2 fully saturated rings. The highest BCUT2D eigenvalue weighted by molar-refractivity contribution is 8.23. The summed E-state index contributed by atoms with van der Waals surface area (Å²) in [6.07, 6.45) is 4.59. The van der Waals surface area contributed by atoms with Crippen LogP contribution in [-0.2, 0) is 4.79 Å². The van der Waals surface area contributed by atoms with Gasteiger partial charge in [-0.05, 0) is 37.8 Å². The Bertz CT molecular complexity index is 767. The number of thiazole rings is 1. The highest BCUT2D eigenvalue weighted by atomic mass is 32.2. The molecule has 26 heavy (non-hydrogen) atoms. The fraction of sp³-hybridized carbons (Fsp3) is 0.526. The van der Waals surface area contributed by atoms with Crippen LogP contribution in [-0.4, -0.2) is 56.9 Å². The first kappa shape index (κ1) is 18.2. The Hall–Kier alpha value is -1.18. The quantitative estimate of drug-likeness (QED) is 0.718. The topological polar surface area (TPSA) is 36.4 Å². The number of hydrogen-bond acceptors (Lipinski definition) is 5. The van der Waals surface area contributed by atoms with E-state index in [4.69, 9.17) is 17.2 Å². The van der Waals surface area contributed by atoms with Crippen molar-refractivity contribution in [3.05, 3.63) is 29.3 Å². The summed E-state index contributed by atoms with van der Waals surface area (Å²) in [7, 11) is 0. The van der Waals surface area contributed by atoms with Crippen LogP contribution >= 0.6 is 35.3 Å².